The Morgan fingerprint density at radius 3 is 2.22 bits per heavy atom. The Morgan fingerprint density at radius 2 is 1.62 bits per heavy atom. The van der Waals surface area contributed by atoms with E-state index in [1.807, 2.05) is 0 Å². The van der Waals surface area contributed by atoms with Crippen molar-refractivity contribution in [3.63, 3.8) is 0 Å². The minimum atomic E-state index is -1.19. The second-order valence-electron chi connectivity index (χ2n) is 8.99. The third kappa shape index (κ3) is 11.4. The summed E-state index contributed by atoms with van der Waals surface area (Å²) in [5.41, 5.74) is 27.2. The molecule has 0 aromatic rings. The molecule has 0 radical (unpaired) electrons. The molecular formula is C22H41N9O6. The van der Waals surface area contributed by atoms with Gasteiger partial charge in [0.1, 0.15) is 18.1 Å². The van der Waals surface area contributed by atoms with Crippen molar-refractivity contribution in [2.24, 2.45) is 33.7 Å². The van der Waals surface area contributed by atoms with Crippen molar-refractivity contribution in [2.45, 2.75) is 82.0 Å². The Morgan fingerprint density at radius 1 is 0.946 bits per heavy atom. The van der Waals surface area contributed by atoms with Crippen LogP contribution in [0.3, 0.4) is 0 Å². The van der Waals surface area contributed by atoms with Crippen LogP contribution in [0.1, 0.15) is 57.8 Å². The highest BCUT2D eigenvalue weighted by Gasteiger charge is 2.38. The predicted octanol–water partition coefficient (Wildman–Crippen LogP) is -3.19. The lowest BCUT2D eigenvalue weighted by molar-refractivity contribution is -0.149. The molecule has 1 heterocycles. The van der Waals surface area contributed by atoms with Gasteiger partial charge in [-0.2, -0.15) is 0 Å². The lowest BCUT2D eigenvalue weighted by atomic mass is 10.0. The number of rotatable bonds is 17. The zero-order chi connectivity index (χ0) is 28.0. The Hall–Kier alpha value is -3.46. The third-order valence-electron chi connectivity index (χ3n) is 6.00. The molecule has 37 heavy (non-hydrogen) atoms. The Kier molecular flexibility index (Phi) is 13.9. The summed E-state index contributed by atoms with van der Waals surface area (Å²) in [5.74, 6) is -3.74. The summed E-state index contributed by atoms with van der Waals surface area (Å²) in [4.78, 5) is 67.0. The second-order valence-corrected chi connectivity index (χ2v) is 8.99. The normalized spacial score (nSPS) is 17.4. The summed E-state index contributed by atoms with van der Waals surface area (Å²) in [6.07, 6.45) is 2.53. The fourth-order valence-corrected chi connectivity index (χ4v) is 3.99. The van der Waals surface area contributed by atoms with E-state index in [0.717, 1.165) is 0 Å². The number of nitrogens with zero attached hydrogens (tertiary/aromatic N) is 2. The van der Waals surface area contributed by atoms with E-state index in [9.17, 15) is 29.1 Å². The number of carbonyl (C=O) groups is 5. The van der Waals surface area contributed by atoms with Gasteiger partial charge in [0.15, 0.2) is 5.96 Å². The number of unbranched alkanes of at least 4 members (excludes halogenated alkanes) is 1. The molecule has 0 aliphatic carbocycles. The van der Waals surface area contributed by atoms with E-state index in [4.69, 9.17) is 28.7 Å². The zero-order valence-corrected chi connectivity index (χ0v) is 21.1. The van der Waals surface area contributed by atoms with Gasteiger partial charge in [0.2, 0.25) is 23.6 Å². The van der Waals surface area contributed by atoms with Gasteiger partial charge in [-0.1, -0.05) is 0 Å². The summed E-state index contributed by atoms with van der Waals surface area (Å²) in [7, 11) is 0. The van der Waals surface area contributed by atoms with E-state index in [-0.39, 0.29) is 44.7 Å². The van der Waals surface area contributed by atoms with Gasteiger partial charge in [-0.15, -0.1) is 0 Å². The molecule has 4 unspecified atom stereocenters. The minimum absolute atomic E-state index is 0.0830. The Balaban J connectivity index is 2.94. The molecule has 1 rings (SSSR count). The van der Waals surface area contributed by atoms with Gasteiger partial charge in [0, 0.05) is 19.5 Å². The molecule has 0 saturated carbocycles. The first-order valence-electron chi connectivity index (χ1n) is 12.4. The molecule has 4 amide bonds. The van der Waals surface area contributed by atoms with Gasteiger partial charge in [-0.3, -0.25) is 24.2 Å². The number of hydrogen-bond donors (Lipinski definition) is 8. The van der Waals surface area contributed by atoms with Gasteiger partial charge < -0.3 is 49.3 Å². The molecule has 1 aliphatic heterocycles. The lowest BCUT2D eigenvalue weighted by Gasteiger charge is -2.29. The quantitative estimate of drug-likeness (QED) is 0.0532. The highest BCUT2D eigenvalue weighted by Crippen LogP contribution is 2.20. The number of hydrogen-bond acceptors (Lipinski definition) is 8. The summed E-state index contributed by atoms with van der Waals surface area (Å²) in [6.45, 7) is 0.916. The summed E-state index contributed by atoms with van der Waals surface area (Å²) in [5, 5.41) is 14.6. The first kappa shape index (κ1) is 31.6. The first-order chi connectivity index (χ1) is 17.5. The monoisotopic (exact) mass is 527 g/mol. The van der Waals surface area contributed by atoms with Crippen LogP contribution in [0.4, 0.5) is 0 Å². The van der Waals surface area contributed by atoms with Crippen LogP contribution < -0.4 is 39.3 Å². The number of guanidine groups is 1. The maximum atomic E-state index is 13.2. The molecular weight excluding hydrogens is 486 g/mol. The molecule has 0 spiro atoms. The van der Waals surface area contributed by atoms with Gasteiger partial charge in [0.05, 0.1) is 6.04 Å². The maximum absolute atomic E-state index is 13.2. The van der Waals surface area contributed by atoms with Crippen LogP contribution in [0, 0.1) is 0 Å². The number of amides is 4. The molecule has 0 aromatic carbocycles. The number of primary amides is 1. The van der Waals surface area contributed by atoms with Crippen LogP contribution in [0.5, 0.6) is 0 Å². The fourth-order valence-electron chi connectivity index (χ4n) is 3.99. The number of carbonyl (C=O) groups excluding carboxylic acids is 4. The SMILES string of the molecule is NCCCCC(NC(=O)C(CCC(N)=O)NC(=O)C(N)CCCN=C(N)N)C(=O)N1CCCC1C(=O)O. The molecule has 0 bridgehead atoms. The van der Waals surface area contributed by atoms with Crippen molar-refractivity contribution < 1.29 is 29.1 Å². The van der Waals surface area contributed by atoms with Crippen LogP contribution in [0.2, 0.25) is 0 Å². The van der Waals surface area contributed by atoms with E-state index >= 15 is 0 Å². The third-order valence-corrected chi connectivity index (χ3v) is 6.00. The van der Waals surface area contributed by atoms with Crippen molar-refractivity contribution >= 4 is 35.6 Å². The number of carboxylic acids is 1. The topological polar surface area (TPSA) is 275 Å². The van der Waals surface area contributed by atoms with E-state index in [0.29, 0.717) is 38.6 Å². The van der Waals surface area contributed by atoms with Crippen LogP contribution >= 0.6 is 0 Å². The highest BCUT2D eigenvalue weighted by atomic mass is 16.4. The molecule has 0 aromatic heterocycles. The highest BCUT2D eigenvalue weighted by molar-refractivity contribution is 5.94. The molecule has 4 atom stereocenters. The Labute approximate surface area is 215 Å². The van der Waals surface area contributed by atoms with Crippen LogP contribution in [0.25, 0.3) is 0 Å². The molecule has 1 saturated heterocycles. The number of nitrogens with two attached hydrogens (primary N) is 5. The molecule has 15 heteroatoms. The Bertz CT molecular complexity index is 833. The maximum Gasteiger partial charge on any atom is 0.326 e. The number of carboxylic acid groups (broad SMARTS) is 1. The van der Waals surface area contributed by atoms with Crippen molar-refractivity contribution in [3.8, 4) is 0 Å². The predicted molar refractivity (Wildman–Crippen MR) is 135 cm³/mol. The first-order valence-corrected chi connectivity index (χ1v) is 12.4. The largest absolute Gasteiger partial charge is 0.480 e. The second kappa shape index (κ2) is 16.3. The average Bonchev–Trinajstić information content (AvgIpc) is 3.33. The van der Waals surface area contributed by atoms with Crippen molar-refractivity contribution in [3.05, 3.63) is 0 Å². The molecule has 13 N–H and O–H groups in total. The number of nitrogens with one attached hydrogen (secondary N) is 2. The van der Waals surface area contributed by atoms with Crippen molar-refractivity contribution in [1.82, 2.24) is 15.5 Å². The molecule has 210 valence electrons. The number of aliphatic imine (C=N–C) groups is 1. The molecule has 1 fully saturated rings. The van der Waals surface area contributed by atoms with Crippen LogP contribution in [-0.2, 0) is 24.0 Å². The van der Waals surface area contributed by atoms with Gasteiger partial charge in [-0.25, -0.2) is 4.79 Å². The fraction of sp³-hybridized carbons (Fsp3) is 0.727. The van der Waals surface area contributed by atoms with E-state index in [2.05, 4.69) is 15.6 Å². The standard InChI is InChI=1S/C22H41N9O6/c23-10-2-1-6-15(20(35)31-12-4-7-16(31)21(36)37)30-19(34)14(8-9-17(25)32)29-18(33)13(24)5-3-11-28-22(26)27/h13-16H,1-12,23-24H2,(H2,25,32)(H,29,33)(H,30,34)(H,36,37)(H4,26,27,28). The van der Waals surface area contributed by atoms with Crippen LogP contribution in [0.15, 0.2) is 4.99 Å². The van der Waals surface area contributed by atoms with E-state index in [1.165, 1.54) is 4.90 Å². The number of aliphatic carboxylic acids is 1. The van der Waals surface area contributed by atoms with E-state index in [1.54, 1.807) is 0 Å². The number of likely N-dealkylation sites (tertiary alicyclic amines) is 1. The summed E-state index contributed by atoms with van der Waals surface area (Å²) < 4.78 is 0. The molecule has 1 aliphatic rings. The average molecular weight is 528 g/mol. The molecule has 15 nitrogen and oxygen atoms in total. The summed E-state index contributed by atoms with van der Waals surface area (Å²) >= 11 is 0. The van der Waals surface area contributed by atoms with Gasteiger partial charge >= 0.3 is 5.97 Å². The van der Waals surface area contributed by atoms with E-state index < -0.39 is 53.8 Å². The van der Waals surface area contributed by atoms with Crippen molar-refractivity contribution in [2.75, 3.05) is 19.6 Å². The van der Waals surface area contributed by atoms with Gasteiger partial charge in [-0.05, 0) is 57.9 Å². The van der Waals surface area contributed by atoms with Crippen molar-refractivity contribution in [1.29, 1.82) is 0 Å². The summed E-state index contributed by atoms with van der Waals surface area (Å²) in [6, 6.07) is -4.16. The smallest absolute Gasteiger partial charge is 0.326 e. The zero-order valence-electron chi connectivity index (χ0n) is 21.1. The van der Waals surface area contributed by atoms with Gasteiger partial charge in [0.25, 0.3) is 0 Å². The lowest BCUT2D eigenvalue weighted by Crippen LogP contribution is -2.57. The van der Waals surface area contributed by atoms with Crippen LogP contribution in [-0.4, -0.2) is 89.4 Å². The minimum Gasteiger partial charge on any atom is -0.480 e.